The molecule has 1 rings (SSSR count). The number of nitrogens with zero attached hydrogens (tertiary/aromatic N) is 2. The van der Waals surface area contributed by atoms with Gasteiger partial charge in [-0.25, -0.2) is 13.9 Å². The predicted octanol–water partition coefficient (Wildman–Crippen LogP) is 1.53. The summed E-state index contributed by atoms with van der Waals surface area (Å²) in [7, 11) is 0. The van der Waals surface area contributed by atoms with Crippen LogP contribution in [0, 0.1) is 13.8 Å². The molecule has 0 fully saturated rings. The number of ether oxygens (including phenoxy) is 1. The lowest BCUT2D eigenvalue weighted by Crippen LogP contribution is -2.20. The maximum atomic E-state index is 13.4. The number of hydrogen-bond donors (Lipinski definition) is 0. The number of carbonyl (C=O) groups excluding carboxylic acids is 1. The summed E-state index contributed by atoms with van der Waals surface area (Å²) < 4.78 is 19.0. The lowest BCUT2D eigenvalue weighted by atomic mass is 10.4. The van der Waals surface area contributed by atoms with Crippen molar-refractivity contribution in [2.24, 2.45) is 0 Å². The maximum absolute atomic E-state index is 13.4. The van der Waals surface area contributed by atoms with E-state index in [4.69, 9.17) is 0 Å². The van der Waals surface area contributed by atoms with E-state index in [0.29, 0.717) is 11.4 Å². The Morgan fingerprint density at radius 1 is 1.71 bits per heavy atom. The van der Waals surface area contributed by atoms with Crippen LogP contribution in [0.3, 0.4) is 0 Å². The van der Waals surface area contributed by atoms with Gasteiger partial charge in [-0.2, -0.15) is 5.10 Å². The average molecular weight is 200 g/mol. The van der Waals surface area contributed by atoms with Crippen molar-refractivity contribution in [3.8, 4) is 0 Å². The SMILES string of the molecule is CCOC(=O)C(F)n1nc(C)cc1C. The Hall–Kier alpha value is -1.39. The zero-order valence-corrected chi connectivity index (χ0v) is 8.45. The molecule has 1 aromatic heterocycles. The van der Waals surface area contributed by atoms with Gasteiger partial charge < -0.3 is 4.74 Å². The van der Waals surface area contributed by atoms with Gasteiger partial charge in [-0.05, 0) is 26.8 Å². The summed E-state index contributed by atoms with van der Waals surface area (Å²) in [6, 6.07) is 1.70. The number of alkyl halides is 1. The summed E-state index contributed by atoms with van der Waals surface area (Å²) >= 11 is 0. The summed E-state index contributed by atoms with van der Waals surface area (Å²) in [4.78, 5) is 11.0. The fourth-order valence-electron chi connectivity index (χ4n) is 1.19. The van der Waals surface area contributed by atoms with Gasteiger partial charge >= 0.3 is 5.97 Å². The number of aromatic nitrogens is 2. The molecule has 0 aliphatic heterocycles. The molecule has 0 aliphatic rings. The topological polar surface area (TPSA) is 44.1 Å². The quantitative estimate of drug-likeness (QED) is 0.695. The Labute approximate surface area is 81.7 Å². The molecule has 1 heterocycles. The van der Waals surface area contributed by atoms with E-state index < -0.39 is 12.3 Å². The Morgan fingerprint density at radius 3 is 2.79 bits per heavy atom. The van der Waals surface area contributed by atoms with Gasteiger partial charge in [0.2, 0.25) is 0 Å². The molecule has 0 aromatic carbocycles. The Kier molecular flexibility index (Phi) is 3.22. The van der Waals surface area contributed by atoms with Crippen molar-refractivity contribution in [2.75, 3.05) is 6.61 Å². The minimum atomic E-state index is -1.84. The molecule has 0 radical (unpaired) electrons. The summed E-state index contributed by atoms with van der Waals surface area (Å²) in [6.07, 6.45) is -1.84. The van der Waals surface area contributed by atoms with Gasteiger partial charge in [0.25, 0.3) is 6.30 Å². The third-order valence-corrected chi connectivity index (χ3v) is 1.74. The lowest BCUT2D eigenvalue weighted by molar-refractivity contribution is -0.153. The largest absolute Gasteiger partial charge is 0.462 e. The van der Waals surface area contributed by atoms with Crippen LogP contribution in [0.1, 0.15) is 24.6 Å². The molecule has 0 aliphatic carbocycles. The van der Waals surface area contributed by atoms with Crippen molar-refractivity contribution in [2.45, 2.75) is 27.1 Å². The van der Waals surface area contributed by atoms with Crippen LogP contribution >= 0.6 is 0 Å². The first-order chi connectivity index (χ1) is 6.56. The van der Waals surface area contributed by atoms with Crippen molar-refractivity contribution in [3.05, 3.63) is 17.5 Å². The molecule has 0 bridgehead atoms. The number of halogens is 1. The van der Waals surface area contributed by atoms with Gasteiger partial charge in [0.05, 0.1) is 12.3 Å². The zero-order chi connectivity index (χ0) is 10.7. The van der Waals surface area contributed by atoms with Crippen molar-refractivity contribution in [3.63, 3.8) is 0 Å². The molecule has 1 atom stereocenters. The van der Waals surface area contributed by atoms with Crippen LogP contribution in [0.25, 0.3) is 0 Å². The zero-order valence-electron chi connectivity index (χ0n) is 8.45. The van der Waals surface area contributed by atoms with E-state index >= 15 is 0 Å². The summed E-state index contributed by atoms with van der Waals surface area (Å²) in [5.41, 5.74) is 1.28. The highest BCUT2D eigenvalue weighted by Gasteiger charge is 2.22. The van der Waals surface area contributed by atoms with Gasteiger partial charge in [0.1, 0.15) is 0 Å². The number of hydrogen-bond acceptors (Lipinski definition) is 3. The summed E-state index contributed by atoms with van der Waals surface area (Å²) in [5.74, 6) is -0.904. The van der Waals surface area contributed by atoms with Crippen molar-refractivity contribution >= 4 is 5.97 Å². The third-order valence-electron chi connectivity index (χ3n) is 1.74. The minimum absolute atomic E-state index is 0.165. The second-order valence-corrected chi connectivity index (χ2v) is 2.96. The van der Waals surface area contributed by atoms with E-state index in [-0.39, 0.29) is 6.61 Å². The van der Waals surface area contributed by atoms with Gasteiger partial charge in [-0.15, -0.1) is 0 Å². The molecule has 78 valence electrons. The highest BCUT2D eigenvalue weighted by molar-refractivity contribution is 5.72. The van der Waals surface area contributed by atoms with Crippen LogP contribution in [0.15, 0.2) is 6.07 Å². The molecule has 0 saturated carbocycles. The first-order valence-electron chi connectivity index (χ1n) is 4.39. The lowest BCUT2D eigenvalue weighted by Gasteiger charge is -2.09. The predicted molar refractivity (Wildman–Crippen MR) is 48.5 cm³/mol. The first-order valence-corrected chi connectivity index (χ1v) is 4.39. The second kappa shape index (κ2) is 4.21. The van der Waals surface area contributed by atoms with Crippen LogP contribution in [-0.4, -0.2) is 22.4 Å². The Bertz CT molecular complexity index is 336. The summed E-state index contributed by atoms with van der Waals surface area (Å²) in [5, 5.41) is 3.85. The number of rotatable bonds is 3. The number of esters is 1. The fourth-order valence-corrected chi connectivity index (χ4v) is 1.19. The van der Waals surface area contributed by atoms with E-state index in [1.807, 2.05) is 0 Å². The molecule has 14 heavy (non-hydrogen) atoms. The highest BCUT2D eigenvalue weighted by Crippen LogP contribution is 2.13. The summed E-state index contributed by atoms with van der Waals surface area (Å²) in [6.45, 7) is 5.22. The van der Waals surface area contributed by atoms with E-state index in [1.165, 1.54) is 0 Å². The van der Waals surface area contributed by atoms with Gasteiger partial charge in [-0.3, -0.25) is 0 Å². The molecule has 0 N–H and O–H groups in total. The molecule has 5 heteroatoms. The van der Waals surface area contributed by atoms with Crippen molar-refractivity contribution in [1.29, 1.82) is 0 Å². The van der Waals surface area contributed by atoms with Crippen LogP contribution in [0.4, 0.5) is 4.39 Å². The molecular weight excluding hydrogens is 187 g/mol. The minimum Gasteiger partial charge on any atom is -0.462 e. The third kappa shape index (κ3) is 2.10. The molecule has 4 nitrogen and oxygen atoms in total. The van der Waals surface area contributed by atoms with E-state index in [9.17, 15) is 9.18 Å². The standard InChI is InChI=1S/C9H13FN2O2/c1-4-14-9(13)8(10)12-7(3)5-6(2)11-12/h5,8H,4H2,1-3H3. The van der Waals surface area contributed by atoms with Crippen LogP contribution in [0.2, 0.25) is 0 Å². The number of aryl methyl sites for hydroxylation is 2. The molecule has 1 unspecified atom stereocenters. The molecule has 0 spiro atoms. The molecule has 0 amide bonds. The molecule has 1 aromatic rings. The van der Waals surface area contributed by atoms with E-state index in [0.717, 1.165) is 4.68 Å². The van der Waals surface area contributed by atoms with Crippen LogP contribution in [0.5, 0.6) is 0 Å². The first kappa shape index (κ1) is 10.7. The average Bonchev–Trinajstić information content (AvgIpc) is 2.44. The second-order valence-electron chi connectivity index (χ2n) is 2.96. The van der Waals surface area contributed by atoms with Crippen LogP contribution in [-0.2, 0) is 9.53 Å². The highest BCUT2D eigenvalue weighted by atomic mass is 19.1. The fraction of sp³-hybridized carbons (Fsp3) is 0.556. The normalized spacial score (nSPS) is 12.6. The van der Waals surface area contributed by atoms with Crippen molar-refractivity contribution in [1.82, 2.24) is 9.78 Å². The van der Waals surface area contributed by atoms with Gasteiger partial charge in [-0.1, -0.05) is 0 Å². The van der Waals surface area contributed by atoms with E-state index in [1.54, 1.807) is 26.8 Å². The van der Waals surface area contributed by atoms with Crippen molar-refractivity contribution < 1.29 is 13.9 Å². The number of carbonyl (C=O) groups is 1. The van der Waals surface area contributed by atoms with Gasteiger partial charge in [0, 0.05) is 5.69 Å². The van der Waals surface area contributed by atoms with Crippen LogP contribution < -0.4 is 0 Å². The molecular formula is C9H13FN2O2. The smallest absolute Gasteiger partial charge is 0.363 e. The Morgan fingerprint density at radius 2 is 2.36 bits per heavy atom. The van der Waals surface area contributed by atoms with Gasteiger partial charge in [0.15, 0.2) is 0 Å². The van der Waals surface area contributed by atoms with E-state index in [2.05, 4.69) is 9.84 Å². The molecule has 0 saturated heterocycles. The maximum Gasteiger partial charge on any atom is 0.363 e. The Balaban J connectivity index is 2.83. The monoisotopic (exact) mass is 200 g/mol.